The summed E-state index contributed by atoms with van der Waals surface area (Å²) in [5.41, 5.74) is -0.0818. The van der Waals surface area contributed by atoms with E-state index in [4.69, 9.17) is 5.11 Å². The second-order valence-corrected chi connectivity index (χ2v) is 6.93. The van der Waals surface area contributed by atoms with Gasteiger partial charge in [-0.2, -0.15) is 0 Å². The Morgan fingerprint density at radius 2 is 2.20 bits per heavy atom. The zero-order valence-corrected chi connectivity index (χ0v) is 11.9. The first-order valence-corrected chi connectivity index (χ1v) is 7.85. The highest BCUT2D eigenvalue weighted by atomic mass is 32.2. The molecule has 0 spiro atoms. The number of hydrogen-bond donors (Lipinski definition) is 3. The van der Waals surface area contributed by atoms with Crippen LogP contribution < -0.4 is 4.72 Å². The van der Waals surface area contributed by atoms with Gasteiger partial charge >= 0.3 is 5.97 Å². The number of carbonyl (C=O) groups is 1. The molecule has 1 aliphatic rings. The summed E-state index contributed by atoms with van der Waals surface area (Å²) in [6.07, 6.45) is 3.01. The minimum absolute atomic E-state index is 0.0593. The van der Waals surface area contributed by atoms with E-state index < -0.39 is 16.0 Å². The fraction of sp³-hybridized carbons (Fsp3) is 0.583. The number of hydrogen-bond acceptors (Lipinski definition) is 4. The van der Waals surface area contributed by atoms with Gasteiger partial charge in [-0.25, -0.2) is 17.9 Å². The molecule has 2 unspecified atom stereocenters. The fourth-order valence-corrected chi connectivity index (χ4v) is 3.62. The lowest BCUT2D eigenvalue weighted by molar-refractivity contribution is 0.0686. The second-order valence-electron chi connectivity index (χ2n) is 5.16. The number of carboxylic acids is 1. The van der Waals surface area contributed by atoms with Crippen LogP contribution in [0.25, 0.3) is 0 Å². The summed E-state index contributed by atoms with van der Waals surface area (Å²) in [5, 5.41) is 18.3. The molecule has 112 valence electrons. The lowest BCUT2D eigenvalue weighted by atomic mass is 10.1. The topological polar surface area (TPSA) is 109 Å². The molecule has 1 aliphatic carbocycles. The smallest absolute Gasteiger partial charge is 0.352 e. The maximum atomic E-state index is 12.1. The van der Waals surface area contributed by atoms with Gasteiger partial charge in [0.05, 0.1) is 6.10 Å². The van der Waals surface area contributed by atoms with Gasteiger partial charge in [0.25, 0.3) is 0 Å². The molecule has 1 aromatic rings. The lowest BCUT2D eigenvalue weighted by Gasteiger charge is -2.10. The van der Waals surface area contributed by atoms with Crippen LogP contribution in [0.4, 0.5) is 0 Å². The number of nitrogens with zero attached hydrogens (tertiary/aromatic N) is 1. The monoisotopic (exact) mass is 302 g/mol. The first kappa shape index (κ1) is 15.0. The first-order valence-electron chi connectivity index (χ1n) is 6.37. The van der Waals surface area contributed by atoms with Crippen LogP contribution in [0.15, 0.2) is 17.2 Å². The van der Waals surface area contributed by atoms with Gasteiger partial charge in [-0.1, -0.05) is 0 Å². The SMILES string of the molecule is Cn1cc(S(=O)(=O)NCC2CCC(O)C2)cc1C(=O)O. The Morgan fingerprint density at radius 1 is 1.50 bits per heavy atom. The van der Waals surface area contributed by atoms with Crippen LogP contribution in [-0.4, -0.2) is 41.8 Å². The molecular formula is C12H18N2O5S. The molecule has 3 N–H and O–H groups in total. The van der Waals surface area contributed by atoms with Crippen LogP contribution in [0.2, 0.25) is 0 Å². The zero-order chi connectivity index (χ0) is 14.9. The van der Waals surface area contributed by atoms with Gasteiger partial charge in [0, 0.05) is 19.8 Å². The van der Waals surface area contributed by atoms with E-state index in [-0.39, 0.29) is 29.2 Å². The fourth-order valence-electron chi connectivity index (χ4n) is 2.44. The van der Waals surface area contributed by atoms with Crippen molar-refractivity contribution >= 4 is 16.0 Å². The van der Waals surface area contributed by atoms with Crippen molar-refractivity contribution < 1.29 is 23.4 Å². The molecule has 1 heterocycles. The summed E-state index contributed by atoms with van der Waals surface area (Å²) >= 11 is 0. The van der Waals surface area contributed by atoms with Gasteiger partial charge in [-0.15, -0.1) is 0 Å². The highest BCUT2D eigenvalue weighted by molar-refractivity contribution is 7.89. The molecule has 7 nitrogen and oxygen atoms in total. The maximum Gasteiger partial charge on any atom is 0.352 e. The van der Waals surface area contributed by atoms with Gasteiger partial charge in [0.1, 0.15) is 10.6 Å². The van der Waals surface area contributed by atoms with Crippen LogP contribution in [0.5, 0.6) is 0 Å². The second kappa shape index (κ2) is 5.55. The van der Waals surface area contributed by atoms with Crippen molar-refractivity contribution in [1.29, 1.82) is 0 Å². The maximum absolute atomic E-state index is 12.1. The number of rotatable bonds is 5. The van der Waals surface area contributed by atoms with E-state index in [1.165, 1.54) is 17.8 Å². The Morgan fingerprint density at radius 3 is 2.70 bits per heavy atom. The van der Waals surface area contributed by atoms with Gasteiger partial charge in [0.2, 0.25) is 10.0 Å². The molecule has 2 atom stereocenters. The van der Waals surface area contributed by atoms with Crippen molar-refractivity contribution in [2.24, 2.45) is 13.0 Å². The third-order valence-electron chi connectivity index (χ3n) is 3.58. The normalized spacial score (nSPS) is 23.1. The molecule has 0 radical (unpaired) electrons. The quantitative estimate of drug-likeness (QED) is 0.718. The number of aromatic carboxylic acids is 1. The average molecular weight is 302 g/mol. The van der Waals surface area contributed by atoms with E-state index in [0.717, 1.165) is 12.5 Å². The number of aromatic nitrogens is 1. The molecule has 20 heavy (non-hydrogen) atoms. The first-order chi connectivity index (χ1) is 9.29. The molecule has 8 heteroatoms. The summed E-state index contributed by atoms with van der Waals surface area (Å²) < 4.78 is 27.9. The molecular weight excluding hydrogens is 284 g/mol. The predicted octanol–water partition coefficient (Wildman–Crippen LogP) is 0.163. The summed E-state index contributed by atoms with van der Waals surface area (Å²) in [6, 6.07) is 1.13. The summed E-state index contributed by atoms with van der Waals surface area (Å²) in [6.45, 7) is 0.261. The van der Waals surface area contributed by atoms with Crippen molar-refractivity contribution in [3.05, 3.63) is 18.0 Å². The van der Waals surface area contributed by atoms with E-state index in [0.29, 0.717) is 12.8 Å². The zero-order valence-electron chi connectivity index (χ0n) is 11.1. The van der Waals surface area contributed by atoms with Gasteiger partial charge in [0.15, 0.2) is 0 Å². The molecule has 0 saturated heterocycles. The van der Waals surface area contributed by atoms with Crippen molar-refractivity contribution in [2.75, 3.05) is 6.54 Å². The number of aryl methyl sites for hydroxylation is 1. The molecule has 0 amide bonds. The van der Waals surface area contributed by atoms with Crippen LogP contribution in [0.1, 0.15) is 29.8 Å². The van der Waals surface area contributed by atoms with E-state index >= 15 is 0 Å². The van der Waals surface area contributed by atoms with E-state index in [1.807, 2.05) is 0 Å². The third kappa shape index (κ3) is 3.20. The van der Waals surface area contributed by atoms with Crippen LogP contribution in [0, 0.1) is 5.92 Å². The van der Waals surface area contributed by atoms with E-state index in [1.54, 1.807) is 0 Å². The largest absolute Gasteiger partial charge is 0.477 e. The van der Waals surface area contributed by atoms with Crippen LogP contribution in [0.3, 0.4) is 0 Å². The Labute approximate surface area is 117 Å². The summed E-state index contributed by atoms with van der Waals surface area (Å²) in [7, 11) is -2.23. The minimum atomic E-state index is -3.72. The molecule has 0 bridgehead atoms. The molecule has 0 aliphatic heterocycles. The number of nitrogens with one attached hydrogen (secondary N) is 1. The number of aliphatic hydroxyl groups excluding tert-OH is 1. The van der Waals surface area contributed by atoms with E-state index in [2.05, 4.69) is 4.72 Å². The predicted molar refractivity (Wildman–Crippen MR) is 70.9 cm³/mol. The number of carboxylic acid groups (broad SMARTS) is 1. The van der Waals surface area contributed by atoms with Crippen molar-refractivity contribution in [2.45, 2.75) is 30.3 Å². The Hall–Kier alpha value is -1.38. The number of sulfonamides is 1. The van der Waals surface area contributed by atoms with Gasteiger partial charge in [-0.3, -0.25) is 0 Å². The van der Waals surface area contributed by atoms with Crippen LogP contribution in [-0.2, 0) is 17.1 Å². The van der Waals surface area contributed by atoms with Gasteiger partial charge < -0.3 is 14.8 Å². The Kier molecular flexibility index (Phi) is 4.17. The minimum Gasteiger partial charge on any atom is -0.477 e. The summed E-state index contributed by atoms with van der Waals surface area (Å²) in [4.78, 5) is 10.8. The number of aliphatic hydroxyl groups is 1. The Balaban J connectivity index is 2.06. The van der Waals surface area contributed by atoms with Crippen molar-refractivity contribution in [3.8, 4) is 0 Å². The molecule has 1 aromatic heterocycles. The molecule has 0 aromatic carbocycles. The Bertz CT molecular complexity index is 607. The third-order valence-corrected chi connectivity index (χ3v) is 4.98. The van der Waals surface area contributed by atoms with Crippen LogP contribution >= 0.6 is 0 Å². The summed E-state index contributed by atoms with van der Waals surface area (Å²) in [5.74, 6) is -1.05. The van der Waals surface area contributed by atoms with E-state index in [9.17, 15) is 18.3 Å². The molecule has 1 fully saturated rings. The standard InChI is InChI=1S/C12H18N2O5S/c1-14-7-10(5-11(14)12(16)17)20(18,19)13-6-8-2-3-9(15)4-8/h5,7-9,13,15H,2-4,6H2,1H3,(H,16,17). The lowest BCUT2D eigenvalue weighted by Crippen LogP contribution is -2.28. The highest BCUT2D eigenvalue weighted by Crippen LogP contribution is 2.25. The van der Waals surface area contributed by atoms with Crippen molar-refractivity contribution in [3.63, 3.8) is 0 Å². The molecule has 1 saturated carbocycles. The molecule has 2 rings (SSSR count). The van der Waals surface area contributed by atoms with Gasteiger partial charge in [-0.05, 0) is 31.2 Å². The average Bonchev–Trinajstić information content (AvgIpc) is 2.93. The van der Waals surface area contributed by atoms with Crippen molar-refractivity contribution in [1.82, 2.24) is 9.29 Å². The highest BCUT2D eigenvalue weighted by Gasteiger charge is 2.26.